The number of hydrogen-bond donors (Lipinski definition) is 2. The van der Waals surface area contributed by atoms with Crippen LogP contribution in [0.4, 0.5) is 11.4 Å². The highest BCUT2D eigenvalue weighted by atomic mass is 16.6. The smallest absolute Gasteiger partial charge is 0.273 e. The number of non-ortho nitro benzene ring substituents is 1. The SMILES string of the molecule is COc1cc([N+](=O)[O-])ccc1NC(=O)/C(C#N)=C\NC1CCCCCC1. The standard InChI is InChI=1S/C18H22N4O4/c1-26-17-10-15(22(24)25)8-9-16(17)21-18(23)13(11-19)12-20-14-6-4-2-3-5-7-14/h8-10,12,14,20H,2-7H2,1H3,(H,21,23)/b13-12-. The number of amides is 1. The molecule has 0 spiro atoms. The van der Waals surface area contributed by atoms with Gasteiger partial charge in [0.05, 0.1) is 23.8 Å². The molecule has 0 heterocycles. The maximum absolute atomic E-state index is 12.3. The molecule has 0 aromatic heterocycles. The van der Waals surface area contributed by atoms with Crippen molar-refractivity contribution in [2.45, 2.75) is 44.6 Å². The summed E-state index contributed by atoms with van der Waals surface area (Å²) >= 11 is 0. The second kappa shape index (κ2) is 9.42. The van der Waals surface area contributed by atoms with E-state index in [0.29, 0.717) is 0 Å². The largest absolute Gasteiger partial charge is 0.494 e. The first-order valence-electron chi connectivity index (χ1n) is 8.55. The van der Waals surface area contributed by atoms with Crippen LogP contribution in [0.15, 0.2) is 30.0 Å². The van der Waals surface area contributed by atoms with Gasteiger partial charge in [0.25, 0.3) is 11.6 Å². The molecule has 1 aromatic rings. The molecule has 1 saturated carbocycles. The van der Waals surface area contributed by atoms with Gasteiger partial charge in [-0.25, -0.2) is 0 Å². The lowest BCUT2D eigenvalue weighted by molar-refractivity contribution is -0.384. The molecule has 26 heavy (non-hydrogen) atoms. The number of ether oxygens (including phenoxy) is 1. The number of benzene rings is 1. The van der Waals surface area contributed by atoms with Crippen LogP contribution < -0.4 is 15.4 Å². The van der Waals surface area contributed by atoms with Gasteiger partial charge in [-0.1, -0.05) is 25.7 Å². The molecule has 0 radical (unpaired) electrons. The van der Waals surface area contributed by atoms with Crippen molar-refractivity contribution >= 4 is 17.3 Å². The zero-order valence-corrected chi connectivity index (χ0v) is 14.7. The van der Waals surface area contributed by atoms with E-state index in [-0.39, 0.29) is 28.7 Å². The molecule has 2 rings (SSSR count). The Hall–Kier alpha value is -3.08. The topological polar surface area (TPSA) is 117 Å². The third-order valence-electron chi connectivity index (χ3n) is 4.33. The predicted molar refractivity (Wildman–Crippen MR) is 96.6 cm³/mol. The fourth-order valence-corrected chi connectivity index (χ4v) is 2.88. The van der Waals surface area contributed by atoms with E-state index in [1.165, 1.54) is 44.4 Å². The number of carbonyl (C=O) groups is 1. The lowest BCUT2D eigenvalue weighted by Gasteiger charge is -2.14. The number of anilines is 1. The zero-order chi connectivity index (χ0) is 18.9. The number of nitrogens with one attached hydrogen (secondary N) is 2. The summed E-state index contributed by atoms with van der Waals surface area (Å²) in [6.07, 6.45) is 8.20. The van der Waals surface area contributed by atoms with Crippen molar-refractivity contribution in [1.29, 1.82) is 5.26 Å². The average Bonchev–Trinajstić information content (AvgIpc) is 2.91. The van der Waals surface area contributed by atoms with Gasteiger partial charge >= 0.3 is 0 Å². The minimum absolute atomic E-state index is 0.0605. The third kappa shape index (κ3) is 5.21. The number of nitrogens with zero attached hydrogens (tertiary/aromatic N) is 2. The van der Waals surface area contributed by atoms with E-state index >= 15 is 0 Å². The molecular formula is C18H22N4O4. The monoisotopic (exact) mass is 358 g/mol. The van der Waals surface area contributed by atoms with Crippen molar-refractivity contribution in [3.8, 4) is 11.8 Å². The number of nitriles is 1. The lowest BCUT2D eigenvalue weighted by atomic mass is 10.1. The first-order chi connectivity index (χ1) is 12.5. The Morgan fingerprint density at radius 3 is 2.62 bits per heavy atom. The minimum atomic E-state index is -0.597. The Bertz CT molecular complexity index is 731. The van der Waals surface area contributed by atoms with Crippen molar-refractivity contribution in [1.82, 2.24) is 5.32 Å². The molecule has 1 amide bonds. The van der Waals surface area contributed by atoms with E-state index < -0.39 is 10.8 Å². The number of nitro groups is 1. The van der Waals surface area contributed by atoms with Crippen molar-refractivity contribution in [3.63, 3.8) is 0 Å². The first kappa shape index (κ1) is 19.2. The second-order valence-corrected chi connectivity index (χ2v) is 6.12. The Morgan fingerprint density at radius 2 is 2.04 bits per heavy atom. The van der Waals surface area contributed by atoms with E-state index in [9.17, 15) is 20.2 Å². The van der Waals surface area contributed by atoms with Crippen LogP contribution in [-0.4, -0.2) is 24.0 Å². The molecule has 0 aliphatic heterocycles. The Labute approximate surface area is 152 Å². The van der Waals surface area contributed by atoms with E-state index in [0.717, 1.165) is 25.7 Å². The molecule has 2 N–H and O–H groups in total. The van der Waals surface area contributed by atoms with E-state index in [2.05, 4.69) is 10.6 Å². The van der Waals surface area contributed by atoms with Crippen LogP contribution in [0.2, 0.25) is 0 Å². The molecule has 0 atom stereocenters. The highest BCUT2D eigenvalue weighted by molar-refractivity contribution is 6.07. The minimum Gasteiger partial charge on any atom is -0.494 e. The number of carbonyl (C=O) groups excluding carboxylic acids is 1. The van der Waals surface area contributed by atoms with Crippen LogP contribution in [0.1, 0.15) is 38.5 Å². The Kier molecular flexibility index (Phi) is 6.97. The first-order valence-corrected chi connectivity index (χ1v) is 8.55. The average molecular weight is 358 g/mol. The molecule has 0 bridgehead atoms. The van der Waals surface area contributed by atoms with Gasteiger partial charge in [0.1, 0.15) is 17.4 Å². The maximum atomic E-state index is 12.3. The summed E-state index contributed by atoms with van der Waals surface area (Å²) in [5.74, 6) is -0.442. The summed E-state index contributed by atoms with van der Waals surface area (Å²) in [7, 11) is 1.35. The van der Waals surface area contributed by atoms with Crippen molar-refractivity contribution in [2.75, 3.05) is 12.4 Å². The molecule has 138 valence electrons. The van der Waals surface area contributed by atoms with Crippen LogP contribution in [0.3, 0.4) is 0 Å². The van der Waals surface area contributed by atoms with Gasteiger partial charge in [0, 0.05) is 18.3 Å². The van der Waals surface area contributed by atoms with E-state index in [1.54, 1.807) is 0 Å². The summed E-state index contributed by atoms with van der Waals surface area (Å²) in [6, 6.07) is 6.00. The highest BCUT2D eigenvalue weighted by Crippen LogP contribution is 2.29. The quantitative estimate of drug-likeness (QED) is 0.265. The maximum Gasteiger partial charge on any atom is 0.273 e. The van der Waals surface area contributed by atoms with E-state index in [4.69, 9.17) is 4.74 Å². The molecular weight excluding hydrogens is 336 g/mol. The van der Waals surface area contributed by atoms with Crippen molar-refractivity contribution < 1.29 is 14.5 Å². The van der Waals surface area contributed by atoms with Gasteiger partial charge in [0.2, 0.25) is 0 Å². The number of hydrogen-bond acceptors (Lipinski definition) is 6. The van der Waals surface area contributed by atoms with Gasteiger partial charge in [-0.05, 0) is 18.9 Å². The molecule has 1 fully saturated rings. The molecule has 1 aromatic carbocycles. The van der Waals surface area contributed by atoms with Crippen molar-refractivity contribution in [3.05, 3.63) is 40.1 Å². The van der Waals surface area contributed by atoms with Gasteiger partial charge in [-0.3, -0.25) is 14.9 Å². The molecule has 1 aliphatic rings. The Balaban J connectivity index is 2.07. The molecule has 8 heteroatoms. The fourth-order valence-electron chi connectivity index (χ4n) is 2.88. The number of nitro benzene ring substituents is 1. The summed E-state index contributed by atoms with van der Waals surface area (Å²) in [5, 5.41) is 25.8. The molecule has 0 unspecified atom stereocenters. The fraction of sp³-hybridized carbons (Fsp3) is 0.444. The molecule has 0 saturated heterocycles. The van der Waals surface area contributed by atoms with Gasteiger partial charge in [-0.2, -0.15) is 5.26 Å². The van der Waals surface area contributed by atoms with Crippen LogP contribution in [0, 0.1) is 21.4 Å². The van der Waals surface area contributed by atoms with Crippen LogP contribution in [0.5, 0.6) is 5.75 Å². The second-order valence-electron chi connectivity index (χ2n) is 6.12. The number of rotatable bonds is 6. The van der Waals surface area contributed by atoms with E-state index in [1.807, 2.05) is 6.07 Å². The summed E-state index contributed by atoms with van der Waals surface area (Å²) in [4.78, 5) is 22.6. The normalized spacial score (nSPS) is 15.5. The van der Waals surface area contributed by atoms with Crippen LogP contribution in [0.25, 0.3) is 0 Å². The molecule has 8 nitrogen and oxygen atoms in total. The number of methoxy groups -OCH3 is 1. The third-order valence-corrected chi connectivity index (χ3v) is 4.33. The molecule has 1 aliphatic carbocycles. The lowest BCUT2D eigenvalue weighted by Crippen LogP contribution is -2.25. The highest BCUT2D eigenvalue weighted by Gasteiger charge is 2.17. The summed E-state index contributed by atoms with van der Waals surface area (Å²) < 4.78 is 5.08. The Morgan fingerprint density at radius 1 is 1.35 bits per heavy atom. The van der Waals surface area contributed by atoms with Crippen LogP contribution >= 0.6 is 0 Å². The summed E-state index contributed by atoms with van der Waals surface area (Å²) in [6.45, 7) is 0. The van der Waals surface area contributed by atoms with Gasteiger partial charge in [-0.15, -0.1) is 0 Å². The van der Waals surface area contributed by atoms with Crippen molar-refractivity contribution in [2.24, 2.45) is 0 Å². The zero-order valence-electron chi connectivity index (χ0n) is 14.7. The summed E-state index contributed by atoms with van der Waals surface area (Å²) in [5.41, 5.74) is 0.0549. The van der Waals surface area contributed by atoms with Gasteiger partial charge < -0.3 is 15.4 Å². The van der Waals surface area contributed by atoms with Gasteiger partial charge in [0.15, 0.2) is 0 Å². The van der Waals surface area contributed by atoms with Crippen LogP contribution in [-0.2, 0) is 4.79 Å². The predicted octanol–water partition coefficient (Wildman–Crippen LogP) is 3.26.